The second-order valence-electron chi connectivity index (χ2n) is 4.92. The van der Waals surface area contributed by atoms with Crippen LogP contribution in [-0.2, 0) is 6.61 Å². The smallest absolute Gasteiger partial charge is 0.243 e. The van der Waals surface area contributed by atoms with Gasteiger partial charge >= 0.3 is 0 Å². The summed E-state index contributed by atoms with van der Waals surface area (Å²) in [5.74, 6) is 2.00. The van der Waals surface area contributed by atoms with E-state index in [1.165, 1.54) is 5.56 Å². The highest BCUT2D eigenvalue weighted by atomic mass is 16.5. The van der Waals surface area contributed by atoms with E-state index in [9.17, 15) is 0 Å². The highest BCUT2D eigenvalue weighted by molar-refractivity contribution is 5.26. The molecule has 2 aromatic rings. The third-order valence-electron chi connectivity index (χ3n) is 2.88. The van der Waals surface area contributed by atoms with Gasteiger partial charge in [-0.3, -0.25) is 0 Å². The molecule has 1 atom stereocenters. The highest BCUT2D eigenvalue weighted by Crippen LogP contribution is 2.17. The molecule has 0 bridgehead atoms. The van der Waals surface area contributed by atoms with Gasteiger partial charge in [0.1, 0.15) is 5.75 Å². The lowest BCUT2D eigenvalue weighted by molar-refractivity contribution is 0.281. The van der Waals surface area contributed by atoms with E-state index in [2.05, 4.69) is 10.1 Å². The largest absolute Gasteiger partial charge is 0.485 e. The van der Waals surface area contributed by atoms with Crippen LogP contribution in [0.5, 0.6) is 5.75 Å². The molecular weight excluding hydrogens is 242 g/mol. The van der Waals surface area contributed by atoms with E-state index < -0.39 is 0 Å². The van der Waals surface area contributed by atoms with Crippen LogP contribution in [0.2, 0.25) is 0 Å². The average Bonchev–Trinajstić information content (AvgIpc) is 2.86. The van der Waals surface area contributed by atoms with Crippen LogP contribution in [0.15, 0.2) is 28.8 Å². The summed E-state index contributed by atoms with van der Waals surface area (Å²) in [7, 11) is 0. The van der Waals surface area contributed by atoms with Gasteiger partial charge in [0.05, 0.1) is 6.04 Å². The Hall–Kier alpha value is -1.88. The van der Waals surface area contributed by atoms with Crippen LogP contribution in [0.1, 0.15) is 37.2 Å². The van der Waals surface area contributed by atoms with Gasteiger partial charge < -0.3 is 15.0 Å². The normalized spacial score (nSPS) is 12.7. The standard InChI is InChI=1S/C14H19N3O2/c1-9(2)13(15)14-16-12(17-19-14)8-18-11-6-4-10(3)5-7-11/h4-7,9,13H,8,15H2,1-3H3. The van der Waals surface area contributed by atoms with Gasteiger partial charge in [-0.2, -0.15) is 4.98 Å². The van der Waals surface area contributed by atoms with E-state index in [0.29, 0.717) is 11.7 Å². The van der Waals surface area contributed by atoms with Crippen molar-refractivity contribution in [2.45, 2.75) is 33.4 Å². The van der Waals surface area contributed by atoms with Gasteiger partial charge in [0.25, 0.3) is 0 Å². The molecule has 0 saturated heterocycles. The molecule has 0 aliphatic heterocycles. The van der Waals surface area contributed by atoms with E-state index in [4.69, 9.17) is 15.0 Å². The number of aryl methyl sites for hydroxylation is 1. The van der Waals surface area contributed by atoms with Gasteiger partial charge in [-0.25, -0.2) is 0 Å². The lowest BCUT2D eigenvalue weighted by atomic mass is 10.1. The number of nitrogens with two attached hydrogens (primary N) is 1. The Morgan fingerprint density at radius 1 is 1.26 bits per heavy atom. The van der Waals surface area contributed by atoms with Crippen LogP contribution in [0.3, 0.4) is 0 Å². The van der Waals surface area contributed by atoms with Crippen LogP contribution in [-0.4, -0.2) is 10.1 Å². The molecule has 1 aromatic carbocycles. The molecular formula is C14H19N3O2. The first-order chi connectivity index (χ1) is 9.06. The Labute approximate surface area is 112 Å². The van der Waals surface area contributed by atoms with Crippen molar-refractivity contribution < 1.29 is 9.26 Å². The van der Waals surface area contributed by atoms with Crippen molar-refractivity contribution in [3.8, 4) is 5.75 Å². The lowest BCUT2D eigenvalue weighted by Crippen LogP contribution is -2.17. The Kier molecular flexibility index (Phi) is 4.16. The van der Waals surface area contributed by atoms with Crippen LogP contribution in [0.4, 0.5) is 0 Å². The van der Waals surface area contributed by atoms with Crippen molar-refractivity contribution >= 4 is 0 Å². The fraction of sp³-hybridized carbons (Fsp3) is 0.429. The maximum absolute atomic E-state index is 5.94. The number of hydrogen-bond donors (Lipinski definition) is 1. The Morgan fingerprint density at radius 2 is 1.95 bits per heavy atom. The zero-order valence-corrected chi connectivity index (χ0v) is 11.5. The topological polar surface area (TPSA) is 74.2 Å². The Morgan fingerprint density at radius 3 is 2.58 bits per heavy atom. The number of aromatic nitrogens is 2. The molecule has 1 aromatic heterocycles. The molecule has 2 N–H and O–H groups in total. The summed E-state index contributed by atoms with van der Waals surface area (Å²) < 4.78 is 10.7. The molecule has 0 spiro atoms. The maximum Gasteiger partial charge on any atom is 0.243 e. The summed E-state index contributed by atoms with van der Waals surface area (Å²) in [6.45, 7) is 6.33. The summed E-state index contributed by atoms with van der Waals surface area (Å²) in [6, 6.07) is 7.57. The molecule has 0 amide bonds. The average molecular weight is 261 g/mol. The Bertz CT molecular complexity index is 520. The van der Waals surface area contributed by atoms with Gasteiger partial charge in [-0.15, -0.1) is 0 Å². The monoisotopic (exact) mass is 261 g/mol. The minimum atomic E-state index is -0.236. The predicted octanol–water partition coefficient (Wildman–Crippen LogP) is 2.61. The molecule has 0 fully saturated rings. The number of hydrogen-bond acceptors (Lipinski definition) is 5. The zero-order valence-electron chi connectivity index (χ0n) is 11.5. The van der Waals surface area contributed by atoms with Crippen LogP contribution in [0.25, 0.3) is 0 Å². The first-order valence-corrected chi connectivity index (χ1v) is 6.34. The van der Waals surface area contributed by atoms with Gasteiger partial charge in [0.2, 0.25) is 11.7 Å². The van der Waals surface area contributed by atoms with Crippen LogP contribution in [0, 0.1) is 12.8 Å². The first-order valence-electron chi connectivity index (χ1n) is 6.34. The molecule has 0 aliphatic rings. The number of nitrogens with zero attached hydrogens (tertiary/aromatic N) is 2. The van der Waals surface area contributed by atoms with Gasteiger partial charge in [0, 0.05) is 0 Å². The van der Waals surface area contributed by atoms with E-state index in [0.717, 1.165) is 5.75 Å². The molecule has 1 heterocycles. The first kappa shape index (κ1) is 13.5. The van der Waals surface area contributed by atoms with Crippen molar-refractivity contribution in [1.82, 2.24) is 10.1 Å². The van der Waals surface area contributed by atoms with Crippen LogP contribution >= 0.6 is 0 Å². The van der Waals surface area contributed by atoms with Crippen molar-refractivity contribution in [3.05, 3.63) is 41.5 Å². The van der Waals surface area contributed by atoms with Crippen molar-refractivity contribution in [1.29, 1.82) is 0 Å². The van der Waals surface area contributed by atoms with Crippen LogP contribution < -0.4 is 10.5 Å². The number of rotatable bonds is 5. The maximum atomic E-state index is 5.94. The molecule has 0 radical (unpaired) electrons. The minimum absolute atomic E-state index is 0.236. The second-order valence-corrected chi connectivity index (χ2v) is 4.92. The van der Waals surface area contributed by atoms with Gasteiger partial charge in [-0.1, -0.05) is 36.7 Å². The second kappa shape index (κ2) is 5.84. The zero-order chi connectivity index (χ0) is 13.8. The molecule has 5 nitrogen and oxygen atoms in total. The lowest BCUT2D eigenvalue weighted by Gasteiger charge is -2.09. The van der Waals surface area contributed by atoms with Gasteiger partial charge in [-0.05, 0) is 25.0 Å². The fourth-order valence-electron chi connectivity index (χ4n) is 1.53. The third kappa shape index (κ3) is 3.54. The summed E-state index contributed by atoms with van der Waals surface area (Å²) in [5, 5.41) is 3.86. The Balaban J connectivity index is 1.95. The molecule has 2 rings (SSSR count). The van der Waals surface area contributed by atoms with E-state index in [-0.39, 0.29) is 18.6 Å². The summed E-state index contributed by atoms with van der Waals surface area (Å²) >= 11 is 0. The summed E-state index contributed by atoms with van der Waals surface area (Å²) in [6.07, 6.45) is 0. The van der Waals surface area contributed by atoms with Gasteiger partial charge in [0.15, 0.2) is 6.61 Å². The molecule has 5 heteroatoms. The number of ether oxygens (including phenoxy) is 1. The molecule has 1 unspecified atom stereocenters. The van der Waals surface area contributed by atoms with E-state index in [1.807, 2.05) is 45.0 Å². The highest BCUT2D eigenvalue weighted by Gasteiger charge is 2.18. The summed E-state index contributed by atoms with van der Waals surface area (Å²) in [5.41, 5.74) is 7.13. The summed E-state index contributed by atoms with van der Waals surface area (Å²) in [4.78, 5) is 4.24. The third-order valence-corrected chi connectivity index (χ3v) is 2.88. The van der Waals surface area contributed by atoms with Crippen molar-refractivity contribution in [2.24, 2.45) is 11.7 Å². The fourth-order valence-corrected chi connectivity index (χ4v) is 1.53. The molecule has 19 heavy (non-hydrogen) atoms. The number of benzene rings is 1. The minimum Gasteiger partial charge on any atom is -0.485 e. The molecule has 102 valence electrons. The van der Waals surface area contributed by atoms with Crippen molar-refractivity contribution in [2.75, 3.05) is 0 Å². The SMILES string of the molecule is Cc1ccc(OCc2noc(C(N)C(C)C)n2)cc1. The molecule has 0 saturated carbocycles. The quantitative estimate of drug-likeness (QED) is 0.895. The molecule has 0 aliphatic carbocycles. The van der Waals surface area contributed by atoms with Crippen molar-refractivity contribution in [3.63, 3.8) is 0 Å². The van der Waals surface area contributed by atoms with E-state index >= 15 is 0 Å². The predicted molar refractivity (Wildman–Crippen MR) is 71.6 cm³/mol. The van der Waals surface area contributed by atoms with E-state index in [1.54, 1.807) is 0 Å².